The largest absolute Gasteiger partial charge is 0.496 e. The summed E-state index contributed by atoms with van der Waals surface area (Å²) in [6, 6.07) is 11.5. The van der Waals surface area contributed by atoms with Crippen LogP contribution in [0.25, 0.3) is 0 Å². The molecule has 0 bridgehead atoms. The van der Waals surface area contributed by atoms with Gasteiger partial charge in [-0.3, -0.25) is 0 Å². The average molecular weight is 291 g/mol. The molecule has 0 amide bonds. The molecule has 106 valence electrons. The number of hydrogen-bond donors (Lipinski definition) is 1. The number of benzene rings is 2. The first-order chi connectivity index (χ1) is 9.51. The second-order valence-electron chi connectivity index (χ2n) is 5.02. The van der Waals surface area contributed by atoms with Gasteiger partial charge in [-0.1, -0.05) is 23.7 Å². The molecule has 0 aliphatic carbocycles. The zero-order chi connectivity index (χ0) is 14.7. The molecule has 2 aromatic carbocycles. The Hall–Kier alpha value is -1.51. The van der Waals surface area contributed by atoms with Crippen molar-refractivity contribution >= 4 is 11.6 Å². The Morgan fingerprint density at radius 3 is 2.35 bits per heavy atom. The Labute approximate surface area is 125 Å². The summed E-state index contributed by atoms with van der Waals surface area (Å²) in [6.07, 6.45) is 0.0461. The first kappa shape index (κ1) is 14.9. The second-order valence-corrected chi connectivity index (χ2v) is 5.46. The van der Waals surface area contributed by atoms with Gasteiger partial charge in [-0.15, -0.1) is 0 Å². The summed E-state index contributed by atoms with van der Waals surface area (Å²) in [6.45, 7) is 3.97. The van der Waals surface area contributed by atoms with E-state index in [1.54, 1.807) is 7.11 Å². The normalized spacial score (nSPS) is 12.2. The molecule has 3 heteroatoms. The van der Waals surface area contributed by atoms with Crippen LogP contribution in [0.5, 0.6) is 5.75 Å². The van der Waals surface area contributed by atoms with Gasteiger partial charge in [0.1, 0.15) is 5.75 Å². The van der Waals surface area contributed by atoms with E-state index in [9.17, 15) is 5.11 Å². The van der Waals surface area contributed by atoms with Crippen molar-refractivity contribution in [3.63, 3.8) is 0 Å². The topological polar surface area (TPSA) is 29.5 Å². The summed E-state index contributed by atoms with van der Waals surface area (Å²) in [5.74, 6) is 0.852. The fourth-order valence-electron chi connectivity index (χ4n) is 2.34. The van der Waals surface area contributed by atoms with Crippen molar-refractivity contribution in [2.24, 2.45) is 0 Å². The van der Waals surface area contributed by atoms with Crippen LogP contribution < -0.4 is 4.74 Å². The van der Waals surface area contributed by atoms with E-state index in [1.807, 2.05) is 50.2 Å². The molecule has 1 N–H and O–H groups in total. The van der Waals surface area contributed by atoms with Crippen LogP contribution in [0.3, 0.4) is 0 Å². The van der Waals surface area contributed by atoms with Gasteiger partial charge in [0.05, 0.1) is 13.2 Å². The minimum Gasteiger partial charge on any atom is -0.496 e. The van der Waals surface area contributed by atoms with Gasteiger partial charge in [0.15, 0.2) is 0 Å². The quantitative estimate of drug-likeness (QED) is 0.912. The van der Waals surface area contributed by atoms with Crippen molar-refractivity contribution in [3.8, 4) is 5.75 Å². The highest BCUT2D eigenvalue weighted by Crippen LogP contribution is 2.28. The first-order valence-electron chi connectivity index (χ1n) is 6.59. The van der Waals surface area contributed by atoms with Gasteiger partial charge in [-0.05, 0) is 60.4 Å². The van der Waals surface area contributed by atoms with Crippen molar-refractivity contribution in [1.29, 1.82) is 0 Å². The summed E-state index contributed by atoms with van der Waals surface area (Å²) in [4.78, 5) is 0. The van der Waals surface area contributed by atoms with E-state index in [0.29, 0.717) is 11.4 Å². The molecule has 2 rings (SSSR count). The molecular weight excluding hydrogens is 272 g/mol. The van der Waals surface area contributed by atoms with E-state index in [2.05, 4.69) is 0 Å². The Bertz CT molecular complexity index is 591. The number of hydrogen-bond acceptors (Lipinski definition) is 2. The number of ether oxygens (including phenoxy) is 1. The molecule has 20 heavy (non-hydrogen) atoms. The Morgan fingerprint density at radius 2 is 1.75 bits per heavy atom. The first-order valence-corrected chi connectivity index (χ1v) is 6.96. The fraction of sp³-hybridized carbons (Fsp3) is 0.294. The molecule has 2 nitrogen and oxygen atoms in total. The van der Waals surface area contributed by atoms with Crippen LogP contribution in [0.1, 0.15) is 28.4 Å². The molecule has 0 saturated carbocycles. The predicted molar refractivity (Wildman–Crippen MR) is 82.6 cm³/mol. The second kappa shape index (κ2) is 6.29. The minimum absolute atomic E-state index is 0.527. The maximum absolute atomic E-state index is 10.4. The smallest absolute Gasteiger partial charge is 0.122 e. The molecule has 1 atom stereocenters. The lowest BCUT2D eigenvalue weighted by Crippen LogP contribution is -2.05. The molecule has 2 aromatic rings. The molecule has 1 unspecified atom stereocenters. The van der Waals surface area contributed by atoms with E-state index in [-0.39, 0.29) is 0 Å². The van der Waals surface area contributed by atoms with Crippen molar-refractivity contribution in [1.82, 2.24) is 0 Å². The van der Waals surface area contributed by atoms with E-state index >= 15 is 0 Å². The number of methoxy groups -OCH3 is 1. The molecule has 0 saturated heterocycles. The average Bonchev–Trinajstić information content (AvgIpc) is 2.43. The zero-order valence-corrected chi connectivity index (χ0v) is 12.7. The molecule has 0 heterocycles. The molecule has 0 radical (unpaired) electrons. The third-order valence-corrected chi connectivity index (χ3v) is 3.74. The summed E-state index contributed by atoms with van der Waals surface area (Å²) in [5, 5.41) is 11.1. The van der Waals surface area contributed by atoms with Gasteiger partial charge in [0, 0.05) is 11.4 Å². The molecule has 0 fully saturated rings. The number of aliphatic hydroxyl groups is 1. The lowest BCUT2D eigenvalue weighted by atomic mass is 9.95. The maximum atomic E-state index is 10.4. The van der Waals surface area contributed by atoms with Gasteiger partial charge in [-0.25, -0.2) is 0 Å². The lowest BCUT2D eigenvalue weighted by molar-refractivity contribution is 0.177. The molecule has 0 aliphatic rings. The van der Waals surface area contributed by atoms with Gasteiger partial charge in [0.25, 0.3) is 0 Å². The summed E-state index contributed by atoms with van der Waals surface area (Å²) in [7, 11) is 1.66. The van der Waals surface area contributed by atoms with Crippen LogP contribution in [0.4, 0.5) is 0 Å². The van der Waals surface area contributed by atoms with Crippen LogP contribution in [0.15, 0.2) is 36.4 Å². The molecule has 0 spiro atoms. The van der Waals surface area contributed by atoms with E-state index in [1.165, 1.54) is 0 Å². The number of aliphatic hydroxyl groups excluding tert-OH is 1. The fourth-order valence-corrected chi connectivity index (χ4v) is 2.47. The van der Waals surface area contributed by atoms with Crippen LogP contribution >= 0.6 is 11.6 Å². The van der Waals surface area contributed by atoms with Crippen molar-refractivity contribution in [2.45, 2.75) is 26.4 Å². The molecular formula is C17H19ClO2. The predicted octanol–water partition coefficient (Wildman–Crippen LogP) is 4.24. The van der Waals surface area contributed by atoms with Crippen LogP contribution in [0, 0.1) is 13.8 Å². The molecule has 0 aliphatic heterocycles. The van der Waals surface area contributed by atoms with Crippen molar-refractivity contribution in [2.75, 3.05) is 7.11 Å². The van der Waals surface area contributed by atoms with E-state index in [0.717, 1.165) is 28.0 Å². The highest BCUT2D eigenvalue weighted by molar-refractivity contribution is 6.30. The minimum atomic E-state index is -0.527. The van der Waals surface area contributed by atoms with Crippen LogP contribution in [-0.4, -0.2) is 12.2 Å². The third-order valence-electron chi connectivity index (χ3n) is 3.48. The van der Waals surface area contributed by atoms with Crippen molar-refractivity contribution < 1.29 is 9.84 Å². The van der Waals surface area contributed by atoms with Gasteiger partial charge in [-0.2, -0.15) is 0 Å². The monoisotopic (exact) mass is 290 g/mol. The van der Waals surface area contributed by atoms with E-state index in [4.69, 9.17) is 16.3 Å². The third kappa shape index (κ3) is 3.33. The Morgan fingerprint density at radius 1 is 1.10 bits per heavy atom. The van der Waals surface area contributed by atoms with Crippen LogP contribution in [-0.2, 0) is 6.42 Å². The summed E-state index contributed by atoms with van der Waals surface area (Å²) in [5.41, 5.74) is 4.07. The van der Waals surface area contributed by atoms with Gasteiger partial charge in [0.2, 0.25) is 0 Å². The van der Waals surface area contributed by atoms with Crippen molar-refractivity contribution in [3.05, 3.63) is 63.7 Å². The molecule has 0 aromatic heterocycles. The summed E-state index contributed by atoms with van der Waals surface area (Å²) >= 11 is 5.87. The van der Waals surface area contributed by atoms with Gasteiger partial charge >= 0.3 is 0 Å². The zero-order valence-electron chi connectivity index (χ0n) is 12.0. The highest BCUT2D eigenvalue weighted by Gasteiger charge is 2.13. The number of halogens is 1. The number of aryl methyl sites for hydroxylation is 2. The standard InChI is InChI=1S/C17H19ClO2/c1-11-9-17(20-3)12(2)8-15(11)16(19)10-13-4-6-14(18)7-5-13/h4-9,16,19H,10H2,1-3H3. The number of rotatable bonds is 4. The lowest BCUT2D eigenvalue weighted by Gasteiger charge is -2.16. The van der Waals surface area contributed by atoms with E-state index < -0.39 is 6.10 Å². The SMILES string of the molecule is COc1cc(C)c(C(O)Cc2ccc(Cl)cc2)cc1C. The Balaban J connectivity index is 2.22. The summed E-state index contributed by atoms with van der Waals surface area (Å²) < 4.78 is 5.30. The van der Waals surface area contributed by atoms with Crippen LogP contribution in [0.2, 0.25) is 5.02 Å². The maximum Gasteiger partial charge on any atom is 0.122 e. The highest BCUT2D eigenvalue weighted by atomic mass is 35.5. The Kier molecular flexibility index (Phi) is 4.69. The van der Waals surface area contributed by atoms with Gasteiger partial charge < -0.3 is 9.84 Å².